The number of nitrogens with one attached hydrogen (secondary N) is 1. The summed E-state index contributed by atoms with van der Waals surface area (Å²) >= 11 is 0. The van der Waals surface area contributed by atoms with Crippen LogP contribution in [0.25, 0.3) is 0 Å². The number of rotatable bonds is 2. The maximum atomic E-state index is 12.0. The highest BCUT2D eigenvalue weighted by Crippen LogP contribution is 2.27. The average Bonchev–Trinajstić information content (AvgIpc) is 2.34. The minimum atomic E-state index is -0.162. The lowest BCUT2D eigenvalue weighted by Gasteiger charge is -2.36. The Kier molecular flexibility index (Phi) is 3.38. The van der Waals surface area contributed by atoms with E-state index < -0.39 is 0 Å². The highest BCUT2D eigenvalue weighted by Gasteiger charge is 2.31. The Morgan fingerprint density at radius 3 is 2.76 bits per heavy atom. The SMILES string of the molecule is CC1(NC(=O)c2cnccn2)CCC(N)CC1. The van der Waals surface area contributed by atoms with E-state index in [4.69, 9.17) is 5.73 Å². The predicted octanol–water partition coefficient (Wildman–Crippen LogP) is 0.866. The number of aromatic nitrogens is 2. The molecule has 1 aliphatic rings. The smallest absolute Gasteiger partial charge is 0.271 e. The van der Waals surface area contributed by atoms with Crippen molar-refractivity contribution in [3.8, 4) is 0 Å². The highest BCUT2D eigenvalue weighted by molar-refractivity contribution is 5.92. The molecule has 0 spiro atoms. The molecule has 1 aromatic rings. The summed E-state index contributed by atoms with van der Waals surface area (Å²) in [5, 5.41) is 3.04. The van der Waals surface area contributed by atoms with Crippen molar-refractivity contribution in [2.24, 2.45) is 5.73 Å². The third-order valence-electron chi connectivity index (χ3n) is 3.34. The monoisotopic (exact) mass is 234 g/mol. The van der Waals surface area contributed by atoms with Gasteiger partial charge in [0.1, 0.15) is 5.69 Å². The summed E-state index contributed by atoms with van der Waals surface area (Å²) < 4.78 is 0. The van der Waals surface area contributed by atoms with Crippen LogP contribution in [0.2, 0.25) is 0 Å². The maximum absolute atomic E-state index is 12.0. The molecule has 1 amide bonds. The highest BCUT2D eigenvalue weighted by atomic mass is 16.2. The number of amides is 1. The van der Waals surface area contributed by atoms with Gasteiger partial charge in [0, 0.05) is 24.0 Å². The molecule has 1 aliphatic carbocycles. The van der Waals surface area contributed by atoms with Gasteiger partial charge in [-0.1, -0.05) is 0 Å². The van der Waals surface area contributed by atoms with E-state index in [9.17, 15) is 4.79 Å². The summed E-state index contributed by atoms with van der Waals surface area (Å²) in [5.74, 6) is -0.156. The van der Waals surface area contributed by atoms with Crippen molar-refractivity contribution in [3.05, 3.63) is 24.3 Å². The quantitative estimate of drug-likeness (QED) is 0.795. The van der Waals surface area contributed by atoms with Crippen LogP contribution in [0.1, 0.15) is 43.1 Å². The fourth-order valence-corrected chi connectivity index (χ4v) is 2.16. The molecule has 5 heteroatoms. The van der Waals surface area contributed by atoms with Gasteiger partial charge in [-0.3, -0.25) is 9.78 Å². The number of carbonyl (C=O) groups excluding carboxylic acids is 1. The summed E-state index contributed by atoms with van der Waals surface area (Å²) in [5.41, 5.74) is 6.06. The van der Waals surface area contributed by atoms with Crippen LogP contribution in [0.5, 0.6) is 0 Å². The van der Waals surface area contributed by atoms with Gasteiger partial charge in [0.2, 0.25) is 0 Å². The third kappa shape index (κ3) is 3.00. The van der Waals surface area contributed by atoms with Gasteiger partial charge in [0.25, 0.3) is 5.91 Å². The van der Waals surface area contributed by atoms with E-state index in [1.807, 2.05) is 0 Å². The summed E-state index contributed by atoms with van der Waals surface area (Å²) in [6, 6.07) is 0.275. The van der Waals surface area contributed by atoms with Gasteiger partial charge in [-0.2, -0.15) is 0 Å². The number of hydrogen-bond donors (Lipinski definition) is 2. The lowest BCUT2D eigenvalue weighted by atomic mass is 9.81. The fraction of sp³-hybridized carbons (Fsp3) is 0.583. The minimum Gasteiger partial charge on any atom is -0.345 e. The van der Waals surface area contributed by atoms with Crippen molar-refractivity contribution in [1.82, 2.24) is 15.3 Å². The molecule has 0 radical (unpaired) electrons. The summed E-state index contributed by atoms with van der Waals surface area (Å²) in [6.45, 7) is 2.06. The Hall–Kier alpha value is -1.49. The van der Waals surface area contributed by atoms with E-state index in [1.54, 1.807) is 6.20 Å². The van der Waals surface area contributed by atoms with Crippen LogP contribution in [0.4, 0.5) is 0 Å². The van der Waals surface area contributed by atoms with Crippen LogP contribution in [0.15, 0.2) is 18.6 Å². The van der Waals surface area contributed by atoms with Crippen LogP contribution in [-0.2, 0) is 0 Å². The molecule has 0 unspecified atom stereocenters. The Morgan fingerprint density at radius 1 is 1.47 bits per heavy atom. The van der Waals surface area contributed by atoms with E-state index in [0.717, 1.165) is 25.7 Å². The van der Waals surface area contributed by atoms with Gasteiger partial charge in [-0.25, -0.2) is 4.98 Å². The molecule has 3 N–H and O–H groups in total. The summed E-state index contributed by atoms with van der Waals surface area (Å²) in [4.78, 5) is 19.8. The van der Waals surface area contributed by atoms with Gasteiger partial charge >= 0.3 is 0 Å². The van der Waals surface area contributed by atoms with Crippen LogP contribution in [0, 0.1) is 0 Å². The van der Waals surface area contributed by atoms with Crippen LogP contribution in [-0.4, -0.2) is 27.5 Å². The normalized spacial score (nSPS) is 28.7. The third-order valence-corrected chi connectivity index (χ3v) is 3.34. The van der Waals surface area contributed by atoms with E-state index >= 15 is 0 Å². The molecular formula is C12H18N4O. The molecule has 0 atom stereocenters. The van der Waals surface area contributed by atoms with E-state index in [2.05, 4.69) is 22.2 Å². The van der Waals surface area contributed by atoms with E-state index in [0.29, 0.717) is 5.69 Å². The number of nitrogens with two attached hydrogens (primary N) is 1. The second-order valence-corrected chi connectivity index (χ2v) is 4.94. The predicted molar refractivity (Wildman–Crippen MR) is 64.3 cm³/mol. The first-order valence-corrected chi connectivity index (χ1v) is 5.93. The molecule has 1 saturated carbocycles. The lowest BCUT2D eigenvalue weighted by molar-refractivity contribution is 0.0872. The zero-order chi connectivity index (χ0) is 12.3. The Labute approximate surface area is 101 Å². The Balaban J connectivity index is 1.99. The molecule has 1 heterocycles. The molecule has 92 valence electrons. The van der Waals surface area contributed by atoms with Crippen molar-refractivity contribution < 1.29 is 4.79 Å². The molecular weight excluding hydrogens is 216 g/mol. The van der Waals surface area contributed by atoms with Crippen LogP contribution in [0.3, 0.4) is 0 Å². The molecule has 0 saturated heterocycles. The topological polar surface area (TPSA) is 80.9 Å². The van der Waals surface area contributed by atoms with Crippen LogP contribution < -0.4 is 11.1 Å². The van der Waals surface area contributed by atoms with Gasteiger partial charge in [-0.15, -0.1) is 0 Å². The molecule has 0 aliphatic heterocycles. The zero-order valence-corrected chi connectivity index (χ0v) is 10.0. The lowest BCUT2D eigenvalue weighted by Crippen LogP contribution is -2.50. The summed E-state index contributed by atoms with van der Waals surface area (Å²) in [6.07, 6.45) is 8.30. The first-order chi connectivity index (χ1) is 8.09. The molecule has 0 aromatic carbocycles. The van der Waals surface area contributed by atoms with Crippen molar-refractivity contribution in [2.75, 3.05) is 0 Å². The fourth-order valence-electron chi connectivity index (χ4n) is 2.16. The van der Waals surface area contributed by atoms with Gasteiger partial charge in [0.05, 0.1) is 6.20 Å². The van der Waals surface area contributed by atoms with Crippen molar-refractivity contribution in [3.63, 3.8) is 0 Å². The number of hydrogen-bond acceptors (Lipinski definition) is 4. The van der Waals surface area contributed by atoms with Gasteiger partial charge < -0.3 is 11.1 Å². The Morgan fingerprint density at radius 2 is 2.18 bits per heavy atom. The van der Waals surface area contributed by atoms with E-state index in [1.165, 1.54) is 12.4 Å². The second-order valence-electron chi connectivity index (χ2n) is 4.94. The van der Waals surface area contributed by atoms with Crippen molar-refractivity contribution in [2.45, 2.75) is 44.2 Å². The summed E-state index contributed by atoms with van der Waals surface area (Å²) in [7, 11) is 0. The number of nitrogens with zero attached hydrogens (tertiary/aromatic N) is 2. The van der Waals surface area contributed by atoms with Gasteiger partial charge in [0.15, 0.2) is 0 Å². The molecule has 1 fully saturated rings. The molecule has 5 nitrogen and oxygen atoms in total. The average molecular weight is 234 g/mol. The number of carbonyl (C=O) groups is 1. The second kappa shape index (κ2) is 4.79. The first-order valence-electron chi connectivity index (χ1n) is 5.93. The van der Waals surface area contributed by atoms with Crippen molar-refractivity contribution in [1.29, 1.82) is 0 Å². The zero-order valence-electron chi connectivity index (χ0n) is 10.0. The van der Waals surface area contributed by atoms with Gasteiger partial charge in [-0.05, 0) is 32.6 Å². The molecule has 1 aromatic heterocycles. The minimum absolute atomic E-state index is 0.156. The van der Waals surface area contributed by atoms with Crippen molar-refractivity contribution >= 4 is 5.91 Å². The van der Waals surface area contributed by atoms with Crippen LogP contribution >= 0.6 is 0 Å². The first kappa shape index (κ1) is 12.0. The maximum Gasteiger partial charge on any atom is 0.271 e. The van der Waals surface area contributed by atoms with E-state index in [-0.39, 0.29) is 17.5 Å². The molecule has 0 bridgehead atoms. The molecule has 2 rings (SSSR count). The molecule has 17 heavy (non-hydrogen) atoms. The largest absolute Gasteiger partial charge is 0.345 e. The Bertz CT molecular complexity index is 385. The standard InChI is InChI=1S/C12H18N4O/c1-12(4-2-9(13)3-5-12)16-11(17)10-8-14-6-7-15-10/h6-9H,2-5,13H2,1H3,(H,16,17).